The molecule has 142 valence electrons. The van der Waals surface area contributed by atoms with Crippen LogP contribution in [-0.4, -0.2) is 45.8 Å². The van der Waals surface area contributed by atoms with Gasteiger partial charge in [0.15, 0.2) is 23.0 Å². The van der Waals surface area contributed by atoms with Crippen molar-refractivity contribution in [3.05, 3.63) is 35.4 Å². The van der Waals surface area contributed by atoms with Crippen LogP contribution in [0.1, 0.15) is 17.2 Å². The highest BCUT2D eigenvalue weighted by molar-refractivity contribution is 5.55. The third-order valence-corrected chi connectivity index (χ3v) is 4.12. The van der Waals surface area contributed by atoms with Gasteiger partial charge in [-0.1, -0.05) is 0 Å². The van der Waals surface area contributed by atoms with Crippen molar-refractivity contribution >= 4 is 0 Å². The van der Waals surface area contributed by atoms with Gasteiger partial charge in [-0.2, -0.15) is 0 Å². The van der Waals surface area contributed by atoms with E-state index >= 15 is 0 Å². The van der Waals surface area contributed by atoms with Crippen LogP contribution in [0.5, 0.6) is 34.5 Å². The predicted molar refractivity (Wildman–Crippen MR) is 95.9 cm³/mol. The van der Waals surface area contributed by atoms with Gasteiger partial charge >= 0.3 is 0 Å². The molecule has 0 amide bonds. The number of hydrogen-bond donors (Lipinski definition) is 2. The van der Waals surface area contributed by atoms with Crippen molar-refractivity contribution in [1.82, 2.24) is 0 Å². The molecule has 0 heterocycles. The Kier molecular flexibility index (Phi) is 6.41. The quantitative estimate of drug-likeness (QED) is 0.744. The minimum atomic E-state index is -0.350. The standard InChI is InChI=1S/C19H24O7/c1-22-13(12-9-16(25-4)19(21)17(10-12)26-5)6-11-7-14(23-2)18(20)15(8-11)24-3/h7-10,13,20-21H,6H2,1-5H3. The minimum Gasteiger partial charge on any atom is -0.502 e. The maximum Gasteiger partial charge on any atom is 0.200 e. The summed E-state index contributed by atoms with van der Waals surface area (Å²) in [5.41, 5.74) is 1.61. The van der Waals surface area contributed by atoms with Crippen LogP contribution in [0.15, 0.2) is 24.3 Å². The molecule has 0 aliphatic carbocycles. The second-order valence-corrected chi connectivity index (χ2v) is 5.55. The number of hydrogen-bond acceptors (Lipinski definition) is 7. The van der Waals surface area contributed by atoms with Crippen LogP contribution in [0.4, 0.5) is 0 Å². The molecule has 2 N–H and O–H groups in total. The molecule has 0 fully saturated rings. The maximum absolute atomic E-state index is 10.1. The molecule has 0 bridgehead atoms. The zero-order valence-corrected chi connectivity index (χ0v) is 15.5. The summed E-state index contributed by atoms with van der Waals surface area (Å²) >= 11 is 0. The molecule has 0 saturated carbocycles. The Morgan fingerprint density at radius 1 is 0.692 bits per heavy atom. The fraction of sp³-hybridized carbons (Fsp3) is 0.368. The smallest absolute Gasteiger partial charge is 0.200 e. The summed E-state index contributed by atoms with van der Waals surface area (Å²) in [5.74, 6) is 1.09. The maximum atomic E-state index is 10.1. The highest BCUT2D eigenvalue weighted by Gasteiger charge is 2.20. The summed E-state index contributed by atoms with van der Waals surface area (Å²) in [6, 6.07) is 6.83. The molecule has 0 aliphatic rings. The topological polar surface area (TPSA) is 86.6 Å². The highest BCUT2D eigenvalue weighted by atomic mass is 16.5. The zero-order valence-electron chi connectivity index (χ0n) is 15.5. The normalized spacial score (nSPS) is 11.7. The second kappa shape index (κ2) is 8.53. The Hall–Kier alpha value is -2.80. The lowest BCUT2D eigenvalue weighted by atomic mass is 9.99. The fourth-order valence-electron chi connectivity index (χ4n) is 2.72. The van der Waals surface area contributed by atoms with Gasteiger partial charge < -0.3 is 33.9 Å². The zero-order chi connectivity index (χ0) is 19.3. The minimum absolute atomic E-state index is 0.0549. The van der Waals surface area contributed by atoms with E-state index < -0.39 is 0 Å². The number of rotatable bonds is 8. The number of phenols is 2. The van der Waals surface area contributed by atoms with Gasteiger partial charge in [0.05, 0.1) is 34.5 Å². The first-order valence-electron chi connectivity index (χ1n) is 7.90. The Bertz CT molecular complexity index is 708. The summed E-state index contributed by atoms with van der Waals surface area (Å²) in [7, 11) is 7.47. The Labute approximate surface area is 152 Å². The molecule has 1 unspecified atom stereocenters. The summed E-state index contributed by atoms with van der Waals surface area (Å²) < 4.78 is 26.4. The molecule has 2 aromatic rings. The summed E-state index contributed by atoms with van der Waals surface area (Å²) in [5, 5.41) is 20.1. The first-order chi connectivity index (χ1) is 12.5. The molecule has 0 aliphatic heterocycles. The largest absolute Gasteiger partial charge is 0.502 e. The molecule has 7 heteroatoms. The van der Waals surface area contributed by atoms with E-state index in [1.807, 2.05) is 0 Å². The van der Waals surface area contributed by atoms with E-state index in [0.717, 1.165) is 11.1 Å². The molecule has 2 rings (SSSR count). The Morgan fingerprint density at radius 2 is 1.08 bits per heavy atom. The van der Waals surface area contributed by atoms with E-state index in [1.165, 1.54) is 28.4 Å². The summed E-state index contributed by atoms with van der Waals surface area (Å²) in [6.07, 6.45) is 0.123. The molecule has 0 aromatic heterocycles. The van der Waals surface area contributed by atoms with Crippen LogP contribution in [0, 0.1) is 0 Å². The van der Waals surface area contributed by atoms with Crippen LogP contribution >= 0.6 is 0 Å². The summed E-state index contributed by atoms with van der Waals surface area (Å²) in [6.45, 7) is 0. The lowest BCUT2D eigenvalue weighted by Gasteiger charge is -2.19. The third-order valence-electron chi connectivity index (χ3n) is 4.12. The third kappa shape index (κ3) is 3.88. The average Bonchev–Trinajstić information content (AvgIpc) is 2.67. The SMILES string of the molecule is COc1cc(CC(OC)c2cc(OC)c(O)c(OC)c2)cc(OC)c1O. The number of benzene rings is 2. The van der Waals surface area contributed by atoms with Crippen LogP contribution < -0.4 is 18.9 Å². The average molecular weight is 364 g/mol. The van der Waals surface area contributed by atoms with Crippen molar-refractivity contribution in [2.75, 3.05) is 35.5 Å². The van der Waals surface area contributed by atoms with Crippen molar-refractivity contribution in [1.29, 1.82) is 0 Å². The van der Waals surface area contributed by atoms with Crippen molar-refractivity contribution in [3.63, 3.8) is 0 Å². The van der Waals surface area contributed by atoms with E-state index in [9.17, 15) is 10.2 Å². The lowest BCUT2D eigenvalue weighted by molar-refractivity contribution is 0.103. The van der Waals surface area contributed by atoms with Gasteiger partial charge in [0.2, 0.25) is 11.5 Å². The predicted octanol–water partition coefficient (Wildman–Crippen LogP) is 3.06. The molecule has 0 radical (unpaired) electrons. The van der Waals surface area contributed by atoms with Gasteiger partial charge in [0.25, 0.3) is 0 Å². The van der Waals surface area contributed by atoms with E-state index in [4.69, 9.17) is 23.7 Å². The molecule has 0 saturated heterocycles. The lowest BCUT2D eigenvalue weighted by Crippen LogP contribution is -2.07. The molecule has 0 spiro atoms. The Balaban J connectivity index is 2.41. The second-order valence-electron chi connectivity index (χ2n) is 5.55. The molecule has 2 aromatic carbocycles. The van der Waals surface area contributed by atoms with Gasteiger partial charge in [-0.15, -0.1) is 0 Å². The highest BCUT2D eigenvalue weighted by Crippen LogP contribution is 2.41. The van der Waals surface area contributed by atoms with Gasteiger partial charge in [0.1, 0.15) is 0 Å². The van der Waals surface area contributed by atoms with Crippen LogP contribution in [0.25, 0.3) is 0 Å². The van der Waals surface area contributed by atoms with E-state index in [2.05, 4.69) is 0 Å². The van der Waals surface area contributed by atoms with Crippen molar-refractivity contribution in [2.24, 2.45) is 0 Å². The van der Waals surface area contributed by atoms with Gasteiger partial charge in [-0.05, 0) is 35.4 Å². The molecule has 7 nitrogen and oxygen atoms in total. The van der Waals surface area contributed by atoms with Crippen molar-refractivity contribution < 1.29 is 33.9 Å². The monoisotopic (exact) mass is 364 g/mol. The molecule has 26 heavy (non-hydrogen) atoms. The van der Waals surface area contributed by atoms with E-state index in [0.29, 0.717) is 29.4 Å². The summed E-state index contributed by atoms with van der Waals surface area (Å²) in [4.78, 5) is 0. The van der Waals surface area contributed by atoms with E-state index in [-0.39, 0.29) is 17.6 Å². The number of phenolic OH excluding ortho intramolecular Hbond substituents is 2. The Morgan fingerprint density at radius 3 is 1.42 bits per heavy atom. The van der Waals surface area contributed by atoms with Crippen LogP contribution in [0.3, 0.4) is 0 Å². The number of ether oxygens (including phenoxy) is 5. The molecule has 1 atom stereocenters. The van der Waals surface area contributed by atoms with Gasteiger partial charge in [0, 0.05) is 13.5 Å². The fourth-order valence-corrected chi connectivity index (χ4v) is 2.72. The number of aromatic hydroxyl groups is 2. The van der Waals surface area contributed by atoms with Crippen LogP contribution in [-0.2, 0) is 11.2 Å². The van der Waals surface area contributed by atoms with Crippen molar-refractivity contribution in [3.8, 4) is 34.5 Å². The molecular weight excluding hydrogens is 340 g/mol. The van der Waals surface area contributed by atoms with Crippen molar-refractivity contribution in [2.45, 2.75) is 12.5 Å². The van der Waals surface area contributed by atoms with E-state index in [1.54, 1.807) is 31.4 Å². The first-order valence-corrected chi connectivity index (χ1v) is 7.90. The first kappa shape index (κ1) is 19.5. The number of methoxy groups -OCH3 is 5. The van der Waals surface area contributed by atoms with Gasteiger partial charge in [-0.3, -0.25) is 0 Å². The van der Waals surface area contributed by atoms with Gasteiger partial charge in [-0.25, -0.2) is 0 Å². The molecular formula is C19H24O7. The van der Waals surface area contributed by atoms with Crippen LogP contribution in [0.2, 0.25) is 0 Å².